The second kappa shape index (κ2) is 7.74. The summed E-state index contributed by atoms with van der Waals surface area (Å²) in [4.78, 5) is 0. The molecule has 0 saturated heterocycles. The molecule has 17 heavy (non-hydrogen) atoms. The largest absolute Gasteiger partial charge is 0.377 e. The molecule has 1 N–H and O–H groups in total. The summed E-state index contributed by atoms with van der Waals surface area (Å²) in [7, 11) is 1.87. The lowest BCUT2D eigenvalue weighted by Gasteiger charge is -2.37. The van der Waals surface area contributed by atoms with Crippen LogP contribution < -0.4 is 5.32 Å². The van der Waals surface area contributed by atoms with Gasteiger partial charge < -0.3 is 10.1 Å². The molecular formula is C15H27NO. The topological polar surface area (TPSA) is 21.3 Å². The van der Waals surface area contributed by atoms with Crippen molar-refractivity contribution >= 4 is 0 Å². The Morgan fingerprint density at radius 1 is 1.41 bits per heavy atom. The third-order valence-electron chi connectivity index (χ3n) is 3.95. The molecule has 0 aromatic heterocycles. The maximum Gasteiger partial charge on any atom is 0.0830 e. The molecule has 1 rings (SSSR count). The highest BCUT2D eigenvalue weighted by Crippen LogP contribution is 2.37. The number of ether oxygens (including phenoxy) is 1. The highest BCUT2D eigenvalue weighted by molar-refractivity contribution is 4.97. The Balaban J connectivity index is 2.56. The van der Waals surface area contributed by atoms with E-state index in [1.54, 1.807) is 0 Å². The van der Waals surface area contributed by atoms with Crippen molar-refractivity contribution in [2.45, 2.75) is 69.9 Å². The molecule has 1 atom stereocenters. The minimum atomic E-state index is 0.0732. The first-order chi connectivity index (χ1) is 8.29. The van der Waals surface area contributed by atoms with E-state index in [2.05, 4.69) is 18.2 Å². The van der Waals surface area contributed by atoms with Crippen molar-refractivity contribution < 1.29 is 4.74 Å². The zero-order valence-corrected chi connectivity index (χ0v) is 11.4. The van der Waals surface area contributed by atoms with Crippen LogP contribution >= 0.6 is 0 Å². The summed E-state index contributed by atoms with van der Waals surface area (Å²) < 4.78 is 5.87. The summed E-state index contributed by atoms with van der Waals surface area (Å²) in [5.41, 5.74) is 0.0732. The molecule has 98 valence electrons. The molecular weight excluding hydrogens is 210 g/mol. The quantitative estimate of drug-likeness (QED) is 0.517. The van der Waals surface area contributed by atoms with Gasteiger partial charge in [0.2, 0.25) is 0 Å². The van der Waals surface area contributed by atoms with Crippen LogP contribution in [0.4, 0.5) is 0 Å². The average Bonchev–Trinajstić information content (AvgIpc) is 2.83. The first-order valence-electron chi connectivity index (χ1n) is 7.01. The molecule has 0 aromatic carbocycles. The van der Waals surface area contributed by atoms with Gasteiger partial charge in [0.1, 0.15) is 0 Å². The highest BCUT2D eigenvalue weighted by atomic mass is 16.5. The van der Waals surface area contributed by atoms with Gasteiger partial charge >= 0.3 is 0 Å². The first-order valence-corrected chi connectivity index (χ1v) is 7.01. The van der Waals surface area contributed by atoms with Crippen LogP contribution in [-0.4, -0.2) is 25.3 Å². The van der Waals surface area contributed by atoms with E-state index in [0.717, 1.165) is 25.8 Å². The molecule has 0 amide bonds. The van der Waals surface area contributed by atoms with E-state index in [-0.39, 0.29) is 5.60 Å². The Morgan fingerprint density at radius 2 is 2.12 bits per heavy atom. The monoisotopic (exact) mass is 237 g/mol. The molecule has 0 aliphatic heterocycles. The van der Waals surface area contributed by atoms with Crippen molar-refractivity contribution in [3.05, 3.63) is 0 Å². The lowest BCUT2D eigenvalue weighted by atomic mass is 9.88. The van der Waals surface area contributed by atoms with Gasteiger partial charge in [-0.1, -0.05) is 19.8 Å². The van der Waals surface area contributed by atoms with E-state index in [9.17, 15) is 0 Å². The SMILES string of the molecule is C#CCCCC(NCCC)C1(OC)CCCC1. The number of hydrogen-bond donors (Lipinski definition) is 1. The van der Waals surface area contributed by atoms with E-state index in [1.807, 2.05) is 7.11 Å². The smallest absolute Gasteiger partial charge is 0.0830 e. The Hall–Kier alpha value is -0.520. The molecule has 0 radical (unpaired) electrons. The number of unbranched alkanes of at least 4 members (excludes halogenated alkanes) is 1. The molecule has 2 heteroatoms. The average molecular weight is 237 g/mol. The predicted molar refractivity (Wildman–Crippen MR) is 73.0 cm³/mol. The highest BCUT2D eigenvalue weighted by Gasteiger charge is 2.40. The Bertz CT molecular complexity index is 238. The van der Waals surface area contributed by atoms with Crippen molar-refractivity contribution in [2.75, 3.05) is 13.7 Å². The normalized spacial score (nSPS) is 20.1. The molecule has 1 aliphatic carbocycles. The summed E-state index contributed by atoms with van der Waals surface area (Å²) in [6, 6.07) is 0.475. The molecule has 0 spiro atoms. The predicted octanol–water partition coefficient (Wildman–Crippen LogP) is 3.12. The van der Waals surface area contributed by atoms with Gasteiger partial charge in [0.25, 0.3) is 0 Å². The van der Waals surface area contributed by atoms with Crippen LogP contribution in [0.15, 0.2) is 0 Å². The summed E-state index contributed by atoms with van der Waals surface area (Å²) in [6.07, 6.45) is 14.6. The van der Waals surface area contributed by atoms with E-state index in [1.165, 1.54) is 32.1 Å². The fourth-order valence-electron chi connectivity index (χ4n) is 2.95. The molecule has 1 saturated carbocycles. The molecule has 0 bridgehead atoms. The number of terminal acetylenes is 1. The van der Waals surface area contributed by atoms with Gasteiger partial charge in [0.15, 0.2) is 0 Å². The molecule has 2 nitrogen and oxygen atoms in total. The van der Waals surface area contributed by atoms with Gasteiger partial charge in [-0.3, -0.25) is 0 Å². The van der Waals surface area contributed by atoms with Crippen molar-refractivity contribution in [3.63, 3.8) is 0 Å². The van der Waals surface area contributed by atoms with Crippen LogP contribution in [0.5, 0.6) is 0 Å². The van der Waals surface area contributed by atoms with Crippen LogP contribution in [0.3, 0.4) is 0 Å². The number of hydrogen-bond acceptors (Lipinski definition) is 2. The van der Waals surface area contributed by atoms with Crippen molar-refractivity contribution in [3.8, 4) is 12.3 Å². The minimum Gasteiger partial charge on any atom is -0.377 e. The van der Waals surface area contributed by atoms with Gasteiger partial charge in [0, 0.05) is 19.6 Å². The second-order valence-corrected chi connectivity index (χ2v) is 5.08. The maximum absolute atomic E-state index is 5.87. The number of methoxy groups -OCH3 is 1. The minimum absolute atomic E-state index is 0.0732. The van der Waals surface area contributed by atoms with Gasteiger partial charge in [0.05, 0.1) is 5.60 Å². The second-order valence-electron chi connectivity index (χ2n) is 5.08. The fraction of sp³-hybridized carbons (Fsp3) is 0.867. The maximum atomic E-state index is 5.87. The van der Waals surface area contributed by atoms with Gasteiger partial charge in [-0.2, -0.15) is 0 Å². The van der Waals surface area contributed by atoms with E-state index in [4.69, 9.17) is 11.2 Å². The zero-order valence-electron chi connectivity index (χ0n) is 11.4. The summed E-state index contributed by atoms with van der Waals surface area (Å²) >= 11 is 0. The Morgan fingerprint density at radius 3 is 2.65 bits per heavy atom. The van der Waals surface area contributed by atoms with Crippen LogP contribution in [-0.2, 0) is 4.74 Å². The standard InChI is InChI=1S/C15H27NO/c1-4-6-7-10-14(16-13-5-2)15(17-3)11-8-9-12-15/h1,14,16H,5-13H2,2-3H3. The molecule has 1 unspecified atom stereocenters. The van der Waals surface area contributed by atoms with Crippen LogP contribution in [0.2, 0.25) is 0 Å². The van der Waals surface area contributed by atoms with Gasteiger partial charge in [-0.15, -0.1) is 12.3 Å². The van der Waals surface area contributed by atoms with Crippen LogP contribution in [0.25, 0.3) is 0 Å². The fourth-order valence-corrected chi connectivity index (χ4v) is 2.95. The lowest BCUT2D eigenvalue weighted by Crippen LogP contribution is -2.50. The molecule has 0 heterocycles. The van der Waals surface area contributed by atoms with Crippen LogP contribution in [0.1, 0.15) is 58.3 Å². The van der Waals surface area contributed by atoms with Gasteiger partial charge in [-0.25, -0.2) is 0 Å². The third kappa shape index (κ3) is 4.01. The third-order valence-corrected chi connectivity index (χ3v) is 3.95. The zero-order chi connectivity index (χ0) is 12.6. The molecule has 0 aromatic rings. The summed E-state index contributed by atoms with van der Waals surface area (Å²) in [5.74, 6) is 2.73. The lowest BCUT2D eigenvalue weighted by molar-refractivity contribution is -0.0380. The van der Waals surface area contributed by atoms with E-state index < -0.39 is 0 Å². The van der Waals surface area contributed by atoms with Crippen molar-refractivity contribution in [1.29, 1.82) is 0 Å². The van der Waals surface area contributed by atoms with E-state index >= 15 is 0 Å². The van der Waals surface area contributed by atoms with E-state index in [0.29, 0.717) is 6.04 Å². The first kappa shape index (κ1) is 14.5. The molecule has 1 fully saturated rings. The number of nitrogens with one attached hydrogen (secondary N) is 1. The summed E-state index contributed by atoms with van der Waals surface area (Å²) in [6.45, 7) is 3.28. The number of rotatable bonds is 8. The van der Waals surface area contributed by atoms with Gasteiger partial charge in [-0.05, 0) is 38.6 Å². The molecule has 1 aliphatic rings. The van der Waals surface area contributed by atoms with Crippen molar-refractivity contribution in [1.82, 2.24) is 5.32 Å². The Labute approximate surface area is 107 Å². The summed E-state index contributed by atoms with van der Waals surface area (Å²) in [5, 5.41) is 3.67. The van der Waals surface area contributed by atoms with Crippen molar-refractivity contribution in [2.24, 2.45) is 0 Å². The Kier molecular flexibility index (Phi) is 6.62. The van der Waals surface area contributed by atoms with Crippen LogP contribution in [0, 0.1) is 12.3 Å².